The second-order valence-corrected chi connectivity index (χ2v) is 3.69. The molecule has 0 heterocycles. The average molecular weight is 218 g/mol. The van der Waals surface area contributed by atoms with Crippen LogP contribution in [0.3, 0.4) is 0 Å². The third-order valence-electron chi connectivity index (χ3n) is 2.28. The molecule has 3 heteroatoms. The van der Waals surface area contributed by atoms with E-state index in [0.717, 1.165) is 30.8 Å². The zero-order valence-corrected chi connectivity index (χ0v) is 9.92. The van der Waals surface area contributed by atoms with Crippen molar-refractivity contribution < 1.29 is 4.74 Å². The van der Waals surface area contributed by atoms with Crippen molar-refractivity contribution in [1.29, 1.82) is 5.26 Å². The quantitative estimate of drug-likeness (QED) is 0.745. The number of nitriles is 1. The van der Waals surface area contributed by atoms with Gasteiger partial charge >= 0.3 is 0 Å². The Bertz CT molecular complexity index is 369. The summed E-state index contributed by atoms with van der Waals surface area (Å²) < 4.78 is 5.61. The summed E-state index contributed by atoms with van der Waals surface area (Å²) >= 11 is 0. The summed E-state index contributed by atoms with van der Waals surface area (Å²) in [5.74, 6) is 0.803. The molecule has 1 aromatic rings. The molecular weight excluding hydrogens is 200 g/mol. The maximum atomic E-state index is 8.78. The van der Waals surface area contributed by atoms with Crippen LogP contribution in [0.5, 0.6) is 5.75 Å². The Morgan fingerprint density at radius 3 is 2.88 bits per heavy atom. The summed E-state index contributed by atoms with van der Waals surface area (Å²) in [5, 5.41) is 12.0. The highest BCUT2D eigenvalue weighted by atomic mass is 16.5. The summed E-state index contributed by atoms with van der Waals surface area (Å²) in [6, 6.07) is 7.61. The van der Waals surface area contributed by atoms with Crippen molar-refractivity contribution in [3.8, 4) is 11.8 Å². The largest absolute Gasteiger partial charge is 0.492 e. The van der Waals surface area contributed by atoms with Gasteiger partial charge in [-0.05, 0) is 37.6 Å². The van der Waals surface area contributed by atoms with Gasteiger partial charge in [0.25, 0.3) is 0 Å². The molecule has 0 saturated carbocycles. The van der Waals surface area contributed by atoms with Gasteiger partial charge in [0, 0.05) is 6.54 Å². The molecule has 86 valence electrons. The standard InChI is InChI=1S/C13H18N2O/c1-3-6-15-7-8-16-13-9-12(10-14)5-4-11(13)2/h4-5,9,15H,3,6-8H2,1-2H3. The van der Waals surface area contributed by atoms with Crippen molar-refractivity contribution in [1.82, 2.24) is 5.32 Å². The van der Waals surface area contributed by atoms with Crippen LogP contribution in [0.15, 0.2) is 18.2 Å². The van der Waals surface area contributed by atoms with E-state index in [9.17, 15) is 0 Å². The van der Waals surface area contributed by atoms with Crippen LogP contribution < -0.4 is 10.1 Å². The van der Waals surface area contributed by atoms with Crippen LogP contribution in [0.2, 0.25) is 0 Å². The van der Waals surface area contributed by atoms with Crippen molar-refractivity contribution in [3.05, 3.63) is 29.3 Å². The molecule has 0 unspecified atom stereocenters. The van der Waals surface area contributed by atoms with Gasteiger partial charge in [-0.25, -0.2) is 0 Å². The lowest BCUT2D eigenvalue weighted by molar-refractivity contribution is 0.312. The molecule has 16 heavy (non-hydrogen) atoms. The van der Waals surface area contributed by atoms with Crippen molar-refractivity contribution in [2.75, 3.05) is 19.7 Å². The molecule has 1 aromatic carbocycles. The molecule has 0 bridgehead atoms. The van der Waals surface area contributed by atoms with Crippen LogP contribution in [0, 0.1) is 18.3 Å². The van der Waals surface area contributed by atoms with Gasteiger partial charge in [0.1, 0.15) is 12.4 Å². The fraction of sp³-hybridized carbons (Fsp3) is 0.462. The molecule has 1 N–H and O–H groups in total. The third kappa shape index (κ3) is 3.92. The van der Waals surface area contributed by atoms with Crippen molar-refractivity contribution in [2.45, 2.75) is 20.3 Å². The highest BCUT2D eigenvalue weighted by Gasteiger charge is 2.00. The van der Waals surface area contributed by atoms with Gasteiger partial charge in [0.15, 0.2) is 0 Å². The highest BCUT2D eigenvalue weighted by molar-refractivity contribution is 5.41. The Hall–Kier alpha value is -1.53. The van der Waals surface area contributed by atoms with E-state index in [1.54, 1.807) is 12.1 Å². The Morgan fingerprint density at radius 1 is 1.38 bits per heavy atom. The molecule has 0 aliphatic heterocycles. The molecule has 0 atom stereocenters. The number of hydrogen-bond acceptors (Lipinski definition) is 3. The van der Waals surface area contributed by atoms with Crippen molar-refractivity contribution in [3.63, 3.8) is 0 Å². The van der Waals surface area contributed by atoms with E-state index in [4.69, 9.17) is 10.00 Å². The normalized spacial score (nSPS) is 9.81. The lowest BCUT2D eigenvalue weighted by atomic mass is 10.1. The van der Waals surface area contributed by atoms with E-state index in [0.29, 0.717) is 12.2 Å². The van der Waals surface area contributed by atoms with E-state index >= 15 is 0 Å². The molecule has 0 fully saturated rings. The Labute approximate surface area is 97.0 Å². The fourth-order valence-corrected chi connectivity index (χ4v) is 1.36. The maximum absolute atomic E-state index is 8.78. The second-order valence-electron chi connectivity index (χ2n) is 3.69. The average Bonchev–Trinajstić information content (AvgIpc) is 2.31. The van der Waals surface area contributed by atoms with E-state index in [1.807, 2.05) is 13.0 Å². The molecule has 3 nitrogen and oxygen atoms in total. The van der Waals surface area contributed by atoms with E-state index in [-0.39, 0.29) is 0 Å². The number of hydrogen-bond donors (Lipinski definition) is 1. The first-order valence-electron chi connectivity index (χ1n) is 5.62. The van der Waals surface area contributed by atoms with E-state index in [1.165, 1.54) is 0 Å². The first-order valence-corrected chi connectivity index (χ1v) is 5.62. The summed E-state index contributed by atoms with van der Waals surface area (Å²) in [7, 11) is 0. The van der Waals surface area contributed by atoms with Crippen LogP contribution in [0.1, 0.15) is 24.5 Å². The lowest BCUT2D eigenvalue weighted by Crippen LogP contribution is -2.21. The van der Waals surface area contributed by atoms with Gasteiger partial charge in [-0.1, -0.05) is 13.0 Å². The van der Waals surface area contributed by atoms with Crippen LogP contribution in [-0.2, 0) is 0 Å². The zero-order chi connectivity index (χ0) is 11.8. The van der Waals surface area contributed by atoms with Gasteiger partial charge in [-0.2, -0.15) is 5.26 Å². The van der Waals surface area contributed by atoms with Crippen molar-refractivity contribution in [2.24, 2.45) is 0 Å². The molecule has 0 radical (unpaired) electrons. The monoisotopic (exact) mass is 218 g/mol. The minimum Gasteiger partial charge on any atom is -0.492 e. The maximum Gasteiger partial charge on any atom is 0.123 e. The SMILES string of the molecule is CCCNCCOc1cc(C#N)ccc1C. The third-order valence-corrected chi connectivity index (χ3v) is 2.28. The smallest absolute Gasteiger partial charge is 0.123 e. The molecule has 0 spiro atoms. The van der Waals surface area contributed by atoms with Gasteiger partial charge < -0.3 is 10.1 Å². The lowest BCUT2D eigenvalue weighted by Gasteiger charge is -2.09. The first-order chi connectivity index (χ1) is 7.77. The first kappa shape index (κ1) is 12.5. The molecule has 0 aliphatic carbocycles. The molecule has 0 aromatic heterocycles. The molecule has 1 rings (SSSR count). The van der Waals surface area contributed by atoms with Crippen LogP contribution in [-0.4, -0.2) is 19.7 Å². The number of aryl methyl sites for hydroxylation is 1. The van der Waals surface area contributed by atoms with Crippen LogP contribution in [0.4, 0.5) is 0 Å². The minimum absolute atomic E-state index is 0.635. The van der Waals surface area contributed by atoms with Crippen LogP contribution in [0.25, 0.3) is 0 Å². The number of nitrogens with one attached hydrogen (secondary N) is 1. The molecule has 0 saturated heterocycles. The Kier molecular flexibility index (Phi) is 5.38. The summed E-state index contributed by atoms with van der Waals surface area (Å²) in [5.41, 5.74) is 1.71. The van der Waals surface area contributed by atoms with E-state index < -0.39 is 0 Å². The van der Waals surface area contributed by atoms with Gasteiger partial charge in [0.05, 0.1) is 11.6 Å². The Morgan fingerprint density at radius 2 is 2.19 bits per heavy atom. The number of rotatable bonds is 6. The molecule has 0 amide bonds. The van der Waals surface area contributed by atoms with Crippen LogP contribution >= 0.6 is 0 Å². The molecular formula is C13H18N2O. The number of ether oxygens (including phenoxy) is 1. The predicted molar refractivity (Wildman–Crippen MR) is 64.5 cm³/mol. The number of benzene rings is 1. The van der Waals surface area contributed by atoms with Gasteiger partial charge in [-0.15, -0.1) is 0 Å². The highest BCUT2D eigenvalue weighted by Crippen LogP contribution is 2.18. The summed E-state index contributed by atoms with van der Waals surface area (Å²) in [6.07, 6.45) is 1.13. The topological polar surface area (TPSA) is 45.0 Å². The predicted octanol–water partition coefficient (Wildman–Crippen LogP) is 2.25. The minimum atomic E-state index is 0.635. The second kappa shape index (κ2) is 6.86. The Balaban J connectivity index is 2.44. The van der Waals surface area contributed by atoms with Crippen molar-refractivity contribution >= 4 is 0 Å². The molecule has 0 aliphatic rings. The summed E-state index contributed by atoms with van der Waals surface area (Å²) in [4.78, 5) is 0. The number of nitrogens with zero attached hydrogens (tertiary/aromatic N) is 1. The van der Waals surface area contributed by atoms with Gasteiger partial charge in [-0.3, -0.25) is 0 Å². The summed E-state index contributed by atoms with van der Waals surface area (Å²) in [6.45, 7) is 6.60. The van der Waals surface area contributed by atoms with Gasteiger partial charge in [0.2, 0.25) is 0 Å². The van der Waals surface area contributed by atoms with E-state index in [2.05, 4.69) is 18.3 Å². The fourth-order valence-electron chi connectivity index (χ4n) is 1.36. The zero-order valence-electron chi connectivity index (χ0n) is 9.92.